The van der Waals surface area contributed by atoms with E-state index >= 15 is 0 Å². The second kappa shape index (κ2) is 6.19. The highest BCUT2D eigenvalue weighted by Crippen LogP contribution is 2.56. The summed E-state index contributed by atoms with van der Waals surface area (Å²) in [6.07, 6.45) is 0.312. The maximum atomic E-state index is 13.3. The number of benzene rings is 2. The Morgan fingerprint density at radius 1 is 1.00 bits per heavy atom. The molecule has 3 heteroatoms. The predicted octanol–water partition coefficient (Wildman–Crippen LogP) is 4.03. The van der Waals surface area contributed by atoms with E-state index in [1.54, 1.807) is 13.6 Å². The molecule has 0 heterocycles. The van der Waals surface area contributed by atoms with Crippen LogP contribution in [0.25, 0.3) is 0 Å². The number of hydrogen-bond donors (Lipinski definition) is 0. The van der Waals surface area contributed by atoms with Crippen molar-refractivity contribution in [2.45, 2.75) is 19.0 Å². The molecule has 104 valence electrons. The largest absolute Gasteiger partial charge is 0.318 e. The van der Waals surface area contributed by atoms with E-state index in [-0.39, 0.29) is 11.4 Å². The van der Waals surface area contributed by atoms with E-state index in [0.717, 1.165) is 10.9 Å². The third kappa shape index (κ3) is 3.26. The summed E-state index contributed by atoms with van der Waals surface area (Å²) in [5.74, 6) is 0.0665. The van der Waals surface area contributed by atoms with Gasteiger partial charge in [0.2, 0.25) is 0 Å². The molecule has 0 radical (unpaired) electrons. The number of ketones is 1. The Kier molecular flexibility index (Phi) is 4.57. The van der Waals surface area contributed by atoms with Crippen LogP contribution in [0.4, 0.5) is 0 Å². The zero-order valence-corrected chi connectivity index (χ0v) is 12.7. The first-order valence-electron chi connectivity index (χ1n) is 6.69. The molecule has 2 atom stereocenters. The van der Waals surface area contributed by atoms with Gasteiger partial charge in [-0.2, -0.15) is 0 Å². The van der Waals surface area contributed by atoms with E-state index in [1.165, 1.54) is 0 Å². The van der Waals surface area contributed by atoms with Gasteiger partial charge in [-0.25, -0.2) is 0 Å². The van der Waals surface area contributed by atoms with Crippen LogP contribution in [0.5, 0.6) is 0 Å². The molecule has 2 aromatic carbocycles. The van der Waals surface area contributed by atoms with Crippen molar-refractivity contribution >= 4 is 18.2 Å². The van der Waals surface area contributed by atoms with Crippen LogP contribution in [-0.4, -0.2) is 12.4 Å². The molecule has 1 unspecified atom stereocenters. The second-order valence-corrected chi connectivity index (χ2v) is 8.28. The summed E-state index contributed by atoms with van der Waals surface area (Å²) in [4.78, 5) is 11.6. The Balaban J connectivity index is 2.46. The molecule has 0 N–H and O–H groups in total. The molecule has 0 saturated heterocycles. The Morgan fingerprint density at radius 3 is 2.00 bits per heavy atom. The molecule has 0 aliphatic rings. The van der Waals surface area contributed by atoms with Crippen LogP contribution in [0.3, 0.4) is 0 Å². The van der Waals surface area contributed by atoms with Crippen molar-refractivity contribution in [2.24, 2.45) is 0 Å². The van der Waals surface area contributed by atoms with Gasteiger partial charge >= 0.3 is 0 Å². The molecular formula is C17H19O2P. The van der Waals surface area contributed by atoms with Crippen molar-refractivity contribution in [3.63, 3.8) is 0 Å². The monoisotopic (exact) mass is 286 g/mol. The first kappa shape index (κ1) is 14.7. The van der Waals surface area contributed by atoms with Gasteiger partial charge in [0, 0.05) is 17.4 Å². The minimum Gasteiger partial charge on any atom is -0.318 e. The Morgan fingerprint density at radius 2 is 1.50 bits per heavy atom. The smallest absolute Gasteiger partial charge is 0.130 e. The molecule has 0 amide bonds. The van der Waals surface area contributed by atoms with Crippen LogP contribution >= 0.6 is 7.14 Å². The molecule has 2 nitrogen and oxygen atoms in total. The summed E-state index contributed by atoms with van der Waals surface area (Å²) < 4.78 is 13.3. The molecule has 2 rings (SSSR count). The van der Waals surface area contributed by atoms with Crippen LogP contribution in [0, 0.1) is 0 Å². The van der Waals surface area contributed by atoms with Crippen molar-refractivity contribution in [1.82, 2.24) is 0 Å². The summed E-state index contributed by atoms with van der Waals surface area (Å²) in [7, 11) is -2.65. The maximum Gasteiger partial charge on any atom is 0.130 e. The minimum atomic E-state index is -2.65. The number of rotatable bonds is 5. The lowest BCUT2D eigenvalue weighted by Crippen LogP contribution is -2.13. The fourth-order valence-electron chi connectivity index (χ4n) is 2.43. The minimum absolute atomic E-state index is 0.0665. The molecule has 0 fully saturated rings. The van der Waals surface area contributed by atoms with E-state index < -0.39 is 7.14 Å². The maximum absolute atomic E-state index is 13.3. The van der Waals surface area contributed by atoms with Gasteiger partial charge in [0.25, 0.3) is 0 Å². The van der Waals surface area contributed by atoms with Crippen molar-refractivity contribution in [2.75, 3.05) is 6.66 Å². The number of carbonyl (C=O) groups excluding carboxylic acids is 1. The lowest BCUT2D eigenvalue weighted by atomic mass is 10.1. The van der Waals surface area contributed by atoms with Gasteiger partial charge in [-0.05, 0) is 19.2 Å². The predicted molar refractivity (Wildman–Crippen MR) is 84.1 cm³/mol. The molecule has 0 aliphatic heterocycles. The lowest BCUT2D eigenvalue weighted by molar-refractivity contribution is -0.117. The van der Waals surface area contributed by atoms with E-state index in [4.69, 9.17) is 0 Å². The standard InChI is InChI=1S/C17H19O2P/c1-14(18)13-17(15-9-5-3-6-10-15)20(2,19)16-11-7-4-8-12-16/h3-12,17H,13H2,1-2H3/t17-,20?/m0/s1. The van der Waals surface area contributed by atoms with Gasteiger partial charge < -0.3 is 4.57 Å². The van der Waals surface area contributed by atoms with Gasteiger partial charge in [0.1, 0.15) is 12.9 Å². The topological polar surface area (TPSA) is 34.1 Å². The first-order valence-corrected chi connectivity index (χ1v) is 8.91. The van der Waals surface area contributed by atoms with Crippen LogP contribution in [0.1, 0.15) is 24.6 Å². The van der Waals surface area contributed by atoms with Crippen LogP contribution in [-0.2, 0) is 9.36 Å². The van der Waals surface area contributed by atoms with E-state index in [2.05, 4.69) is 0 Å². The zero-order chi connectivity index (χ0) is 14.6. The van der Waals surface area contributed by atoms with Crippen LogP contribution < -0.4 is 5.30 Å². The van der Waals surface area contributed by atoms with Gasteiger partial charge in [0.15, 0.2) is 0 Å². The van der Waals surface area contributed by atoms with E-state index in [1.807, 2.05) is 60.7 Å². The number of carbonyl (C=O) groups is 1. The van der Waals surface area contributed by atoms with E-state index in [9.17, 15) is 9.36 Å². The average molecular weight is 286 g/mol. The van der Waals surface area contributed by atoms with Crippen molar-refractivity contribution in [3.05, 3.63) is 66.2 Å². The van der Waals surface area contributed by atoms with E-state index in [0.29, 0.717) is 6.42 Å². The Labute approximate surface area is 120 Å². The van der Waals surface area contributed by atoms with Gasteiger partial charge in [0.05, 0.1) is 0 Å². The molecular weight excluding hydrogens is 267 g/mol. The molecule has 2 aromatic rings. The zero-order valence-electron chi connectivity index (χ0n) is 11.8. The number of hydrogen-bond acceptors (Lipinski definition) is 2. The van der Waals surface area contributed by atoms with Crippen molar-refractivity contribution < 1.29 is 9.36 Å². The Hall–Kier alpha value is -1.66. The highest BCUT2D eigenvalue weighted by Gasteiger charge is 2.32. The van der Waals surface area contributed by atoms with Crippen LogP contribution in [0.2, 0.25) is 0 Å². The summed E-state index contributed by atoms with van der Waals surface area (Å²) in [6.45, 7) is 3.34. The third-order valence-corrected chi connectivity index (χ3v) is 6.52. The number of Topliss-reactive ketones (excluding diaryl/α,β-unsaturated/α-hetero) is 1. The average Bonchev–Trinajstić information content (AvgIpc) is 2.46. The second-order valence-electron chi connectivity index (χ2n) is 5.16. The molecule has 0 spiro atoms. The summed E-state index contributed by atoms with van der Waals surface area (Å²) >= 11 is 0. The highest BCUT2D eigenvalue weighted by molar-refractivity contribution is 7.71. The molecule has 20 heavy (non-hydrogen) atoms. The van der Waals surface area contributed by atoms with Crippen molar-refractivity contribution in [3.8, 4) is 0 Å². The SMILES string of the molecule is CC(=O)C[C@@H](c1ccccc1)P(C)(=O)c1ccccc1. The fraction of sp³-hybridized carbons (Fsp3) is 0.235. The van der Waals surface area contributed by atoms with Crippen LogP contribution in [0.15, 0.2) is 60.7 Å². The summed E-state index contributed by atoms with van der Waals surface area (Å²) in [5, 5.41) is 0.829. The lowest BCUT2D eigenvalue weighted by Gasteiger charge is -2.24. The normalized spacial score (nSPS) is 15.3. The third-order valence-electron chi connectivity index (χ3n) is 3.53. The quantitative estimate of drug-likeness (QED) is 0.778. The Bertz CT molecular complexity index is 620. The van der Waals surface area contributed by atoms with Crippen molar-refractivity contribution in [1.29, 1.82) is 0 Å². The van der Waals surface area contributed by atoms with Gasteiger partial charge in [-0.1, -0.05) is 60.7 Å². The summed E-state index contributed by atoms with van der Waals surface area (Å²) in [6, 6.07) is 19.1. The van der Waals surface area contributed by atoms with Gasteiger partial charge in [-0.15, -0.1) is 0 Å². The van der Waals surface area contributed by atoms with Gasteiger partial charge in [-0.3, -0.25) is 4.79 Å². The molecule has 0 aromatic heterocycles. The molecule has 0 saturated carbocycles. The molecule has 0 bridgehead atoms. The highest BCUT2D eigenvalue weighted by atomic mass is 31.2. The molecule has 0 aliphatic carbocycles. The summed E-state index contributed by atoms with van der Waals surface area (Å²) in [5.41, 5.74) is 0.723. The fourth-order valence-corrected chi connectivity index (χ4v) is 4.90. The first-order chi connectivity index (χ1) is 9.51.